The summed E-state index contributed by atoms with van der Waals surface area (Å²) in [4.78, 5) is 36.5. The summed E-state index contributed by atoms with van der Waals surface area (Å²) in [6, 6.07) is 4.89. The number of para-hydroxylation sites is 1. The zero-order valence-electron chi connectivity index (χ0n) is 13.8. The Hall–Kier alpha value is -2.83. The van der Waals surface area contributed by atoms with Gasteiger partial charge in [0.2, 0.25) is 5.43 Å². The van der Waals surface area contributed by atoms with Crippen molar-refractivity contribution >= 4 is 22.8 Å². The first kappa shape index (κ1) is 17.5. The van der Waals surface area contributed by atoms with Crippen molar-refractivity contribution in [2.24, 2.45) is 0 Å². The molecule has 0 amide bonds. The Morgan fingerprint density at radius 2 is 1.83 bits per heavy atom. The first-order valence-electron chi connectivity index (χ1n) is 7.56. The molecule has 0 radical (unpaired) electrons. The third kappa shape index (κ3) is 3.40. The lowest BCUT2D eigenvalue weighted by molar-refractivity contribution is -0.143. The van der Waals surface area contributed by atoms with E-state index in [0.717, 1.165) is 0 Å². The summed E-state index contributed by atoms with van der Waals surface area (Å²) in [5.74, 6) is -0.794. The number of rotatable bonds is 6. The molecule has 0 aliphatic heterocycles. The Morgan fingerprint density at radius 1 is 1.12 bits per heavy atom. The van der Waals surface area contributed by atoms with Crippen LogP contribution in [0.15, 0.2) is 29.2 Å². The molecule has 128 valence electrons. The molecular weight excluding hydrogens is 314 g/mol. The molecule has 0 N–H and O–H groups in total. The highest BCUT2D eigenvalue weighted by Crippen LogP contribution is 2.24. The van der Waals surface area contributed by atoms with Crippen molar-refractivity contribution in [3.05, 3.63) is 40.2 Å². The van der Waals surface area contributed by atoms with Gasteiger partial charge in [-0.3, -0.25) is 9.59 Å². The smallest absolute Gasteiger partial charge is 0.343 e. The Morgan fingerprint density at radius 3 is 2.46 bits per heavy atom. The molecule has 0 bridgehead atoms. The van der Waals surface area contributed by atoms with Crippen LogP contribution in [0.25, 0.3) is 10.9 Å². The predicted molar refractivity (Wildman–Crippen MR) is 87.3 cm³/mol. The number of hydrogen-bond acceptors (Lipinski definition) is 6. The molecular formula is C17H19NO6. The Bertz CT molecular complexity index is 824. The maximum atomic E-state index is 12.6. The number of hydrogen-bond donors (Lipinski definition) is 0. The lowest BCUT2D eigenvalue weighted by Gasteiger charge is -2.15. The zero-order chi connectivity index (χ0) is 17.7. The molecule has 2 rings (SSSR count). The lowest BCUT2D eigenvalue weighted by atomic mass is 10.1. The molecule has 0 aliphatic rings. The fraction of sp³-hybridized carbons (Fsp3) is 0.353. The van der Waals surface area contributed by atoms with E-state index in [1.807, 2.05) is 0 Å². The van der Waals surface area contributed by atoms with Gasteiger partial charge in [-0.15, -0.1) is 0 Å². The summed E-state index contributed by atoms with van der Waals surface area (Å²) >= 11 is 0. The first-order valence-corrected chi connectivity index (χ1v) is 7.56. The Labute approximate surface area is 138 Å². The van der Waals surface area contributed by atoms with Crippen molar-refractivity contribution in [1.29, 1.82) is 0 Å². The van der Waals surface area contributed by atoms with E-state index in [1.54, 1.807) is 32.0 Å². The standard InChI is InChI=1S/C17H19NO6/c1-4-23-14(19)10-18-9-12(17(21)24-5-2)16(20)11-7-6-8-13(22-3)15(11)18/h6-9H,4-5,10H2,1-3H3. The Kier molecular flexibility index (Phi) is 5.57. The average Bonchev–Trinajstić information content (AvgIpc) is 2.57. The van der Waals surface area contributed by atoms with Gasteiger partial charge >= 0.3 is 11.9 Å². The minimum Gasteiger partial charge on any atom is -0.495 e. The van der Waals surface area contributed by atoms with Gasteiger partial charge in [-0.05, 0) is 26.0 Å². The maximum Gasteiger partial charge on any atom is 0.343 e. The predicted octanol–water partition coefficient (Wildman–Crippen LogP) is 1.75. The molecule has 7 heteroatoms. The highest BCUT2D eigenvalue weighted by atomic mass is 16.5. The summed E-state index contributed by atoms with van der Waals surface area (Å²) in [5, 5.41) is 0.268. The van der Waals surface area contributed by atoms with Crippen LogP contribution < -0.4 is 10.2 Å². The molecule has 2 aromatic rings. The van der Waals surface area contributed by atoms with Crippen molar-refractivity contribution < 1.29 is 23.8 Å². The van der Waals surface area contributed by atoms with Gasteiger partial charge in [-0.25, -0.2) is 4.79 Å². The van der Waals surface area contributed by atoms with E-state index in [9.17, 15) is 14.4 Å². The van der Waals surface area contributed by atoms with Gasteiger partial charge in [-0.1, -0.05) is 6.07 Å². The van der Waals surface area contributed by atoms with Gasteiger partial charge in [0.05, 0.1) is 31.2 Å². The Balaban J connectivity index is 2.71. The van der Waals surface area contributed by atoms with Crippen molar-refractivity contribution in [3.8, 4) is 5.75 Å². The molecule has 0 aliphatic carbocycles. The van der Waals surface area contributed by atoms with E-state index in [4.69, 9.17) is 14.2 Å². The normalized spacial score (nSPS) is 10.5. The number of nitrogens with zero attached hydrogens (tertiary/aromatic N) is 1. The largest absolute Gasteiger partial charge is 0.495 e. The van der Waals surface area contributed by atoms with Crippen molar-refractivity contribution in [2.75, 3.05) is 20.3 Å². The van der Waals surface area contributed by atoms with Crippen molar-refractivity contribution in [1.82, 2.24) is 4.57 Å². The van der Waals surface area contributed by atoms with Crippen LogP contribution in [0.5, 0.6) is 5.75 Å². The molecule has 0 saturated carbocycles. The van der Waals surface area contributed by atoms with Crippen LogP contribution in [-0.4, -0.2) is 36.8 Å². The number of methoxy groups -OCH3 is 1. The second-order valence-corrected chi connectivity index (χ2v) is 4.88. The quantitative estimate of drug-likeness (QED) is 0.749. The molecule has 1 heterocycles. The third-order valence-corrected chi connectivity index (χ3v) is 3.38. The summed E-state index contributed by atoms with van der Waals surface area (Å²) in [6.07, 6.45) is 1.31. The first-order chi connectivity index (χ1) is 11.5. The number of fused-ring (bicyclic) bond motifs is 1. The highest BCUT2D eigenvalue weighted by Gasteiger charge is 2.19. The SMILES string of the molecule is CCOC(=O)Cn1cc(C(=O)OCC)c(=O)c2cccc(OC)c21. The van der Waals surface area contributed by atoms with Gasteiger partial charge in [0.15, 0.2) is 0 Å². The van der Waals surface area contributed by atoms with Gasteiger partial charge in [0, 0.05) is 6.20 Å². The van der Waals surface area contributed by atoms with Crippen LogP contribution in [0.3, 0.4) is 0 Å². The molecule has 0 saturated heterocycles. The number of benzene rings is 1. The van der Waals surface area contributed by atoms with Crippen LogP contribution in [0.4, 0.5) is 0 Å². The number of aromatic nitrogens is 1. The maximum absolute atomic E-state index is 12.6. The topological polar surface area (TPSA) is 83.8 Å². The highest BCUT2D eigenvalue weighted by molar-refractivity contribution is 5.95. The van der Waals surface area contributed by atoms with E-state index >= 15 is 0 Å². The van der Waals surface area contributed by atoms with Crippen LogP contribution >= 0.6 is 0 Å². The number of pyridine rings is 1. The van der Waals surface area contributed by atoms with E-state index in [1.165, 1.54) is 17.9 Å². The fourth-order valence-electron chi connectivity index (χ4n) is 2.42. The number of ether oxygens (including phenoxy) is 3. The molecule has 0 spiro atoms. The average molecular weight is 333 g/mol. The minimum absolute atomic E-state index is 0.137. The molecule has 0 atom stereocenters. The number of carbonyl (C=O) groups excluding carboxylic acids is 2. The van der Waals surface area contributed by atoms with E-state index in [2.05, 4.69) is 0 Å². The van der Waals surface area contributed by atoms with Crippen molar-refractivity contribution in [2.45, 2.75) is 20.4 Å². The number of carbonyl (C=O) groups is 2. The number of esters is 2. The van der Waals surface area contributed by atoms with Crippen molar-refractivity contribution in [3.63, 3.8) is 0 Å². The molecule has 24 heavy (non-hydrogen) atoms. The van der Waals surface area contributed by atoms with E-state index < -0.39 is 17.4 Å². The van der Waals surface area contributed by atoms with Crippen LogP contribution in [-0.2, 0) is 20.8 Å². The summed E-state index contributed by atoms with van der Waals surface area (Å²) < 4.78 is 16.6. The molecule has 1 aromatic heterocycles. The van der Waals surface area contributed by atoms with E-state index in [-0.39, 0.29) is 30.7 Å². The van der Waals surface area contributed by atoms with Gasteiger partial charge in [-0.2, -0.15) is 0 Å². The second kappa shape index (κ2) is 7.63. The third-order valence-electron chi connectivity index (χ3n) is 3.38. The van der Waals surface area contributed by atoms with Gasteiger partial charge in [0.25, 0.3) is 0 Å². The second-order valence-electron chi connectivity index (χ2n) is 4.88. The van der Waals surface area contributed by atoms with Crippen LogP contribution in [0.2, 0.25) is 0 Å². The minimum atomic E-state index is -0.732. The summed E-state index contributed by atoms with van der Waals surface area (Å²) in [7, 11) is 1.47. The summed E-state index contributed by atoms with van der Waals surface area (Å²) in [5.41, 5.74) is -0.185. The molecule has 0 unspecified atom stereocenters. The van der Waals surface area contributed by atoms with Gasteiger partial charge in [0.1, 0.15) is 17.9 Å². The van der Waals surface area contributed by atoms with Crippen LogP contribution in [0, 0.1) is 0 Å². The molecule has 0 fully saturated rings. The van der Waals surface area contributed by atoms with Crippen LogP contribution in [0.1, 0.15) is 24.2 Å². The van der Waals surface area contributed by atoms with Gasteiger partial charge < -0.3 is 18.8 Å². The summed E-state index contributed by atoms with van der Waals surface area (Å²) in [6.45, 7) is 3.58. The zero-order valence-corrected chi connectivity index (χ0v) is 13.8. The monoisotopic (exact) mass is 333 g/mol. The lowest BCUT2D eigenvalue weighted by Crippen LogP contribution is -2.23. The molecule has 7 nitrogen and oxygen atoms in total. The van der Waals surface area contributed by atoms with E-state index in [0.29, 0.717) is 11.3 Å². The molecule has 1 aromatic carbocycles. The fourth-order valence-corrected chi connectivity index (χ4v) is 2.42.